The van der Waals surface area contributed by atoms with E-state index in [0.29, 0.717) is 34.6 Å². The van der Waals surface area contributed by atoms with Crippen molar-refractivity contribution >= 4 is 23.4 Å². The zero-order valence-electron chi connectivity index (χ0n) is 17.6. The molecule has 0 spiro atoms. The number of thioether (sulfide) groups is 1. The standard InChI is InChI=1S/C22H20N6O4S/c1-30-15-8-6-14(7-9-15)21-24-25-22(27(21)23)33-13-20(29)28-17(19-5-3-11-32-19)12-16(26-28)18-4-2-10-31-18/h2-11,17H,12-13,23H2,1H3. The highest BCUT2D eigenvalue weighted by Crippen LogP contribution is 2.34. The number of hydrogen-bond acceptors (Lipinski definition) is 9. The van der Waals surface area contributed by atoms with E-state index in [-0.39, 0.29) is 17.7 Å². The minimum absolute atomic E-state index is 0.0735. The SMILES string of the molecule is COc1ccc(-c2nnc(SCC(=O)N3N=C(c4ccco4)CC3c3ccco3)n2N)cc1. The number of carbonyl (C=O) groups excluding carboxylic acids is 1. The molecular weight excluding hydrogens is 444 g/mol. The molecule has 4 aromatic rings. The molecule has 3 aromatic heterocycles. The van der Waals surface area contributed by atoms with Gasteiger partial charge in [0.1, 0.15) is 29.0 Å². The monoisotopic (exact) mass is 464 g/mol. The van der Waals surface area contributed by atoms with Gasteiger partial charge in [-0.2, -0.15) is 5.10 Å². The van der Waals surface area contributed by atoms with Gasteiger partial charge in [-0.15, -0.1) is 10.2 Å². The predicted molar refractivity (Wildman–Crippen MR) is 121 cm³/mol. The zero-order valence-corrected chi connectivity index (χ0v) is 18.4. The Bertz CT molecular complexity index is 1260. The zero-order chi connectivity index (χ0) is 22.8. The van der Waals surface area contributed by atoms with Crippen LogP contribution in [0.1, 0.15) is 24.0 Å². The molecule has 0 saturated heterocycles. The molecule has 11 heteroatoms. The molecule has 168 valence electrons. The molecule has 0 fully saturated rings. The summed E-state index contributed by atoms with van der Waals surface area (Å²) in [6.07, 6.45) is 3.65. The van der Waals surface area contributed by atoms with Crippen molar-refractivity contribution < 1.29 is 18.4 Å². The van der Waals surface area contributed by atoms with E-state index >= 15 is 0 Å². The number of hydrazone groups is 1. The summed E-state index contributed by atoms with van der Waals surface area (Å²) in [7, 11) is 1.60. The van der Waals surface area contributed by atoms with Crippen LogP contribution in [0.5, 0.6) is 5.75 Å². The molecule has 0 saturated carbocycles. The van der Waals surface area contributed by atoms with Crippen molar-refractivity contribution in [3.05, 3.63) is 72.6 Å². The summed E-state index contributed by atoms with van der Waals surface area (Å²) in [5, 5.41) is 14.7. The summed E-state index contributed by atoms with van der Waals surface area (Å²) >= 11 is 1.19. The van der Waals surface area contributed by atoms with Crippen molar-refractivity contribution in [3.63, 3.8) is 0 Å². The maximum absolute atomic E-state index is 13.1. The van der Waals surface area contributed by atoms with E-state index in [4.69, 9.17) is 19.4 Å². The van der Waals surface area contributed by atoms with Crippen LogP contribution in [0, 0.1) is 0 Å². The topological polar surface area (TPSA) is 125 Å². The number of nitrogens with two attached hydrogens (primary N) is 1. The molecule has 2 N–H and O–H groups in total. The number of hydrogen-bond donors (Lipinski definition) is 1. The maximum atomic E-state index is 13.1. The van der Waals surface area contributed by atoms with Crippen LogP contribution in [0.25, 0.3) is 11.4 Å². The molecule has 1 aliphatic rings. The lowest BCUT2D eigenvalue weighted by Crippen LogP contribution is -2.28. The molecule has 1 amide bonds. The Morgan fingerprint density at radius 1 is 1.15 bits per heavy atom. The fourth-order valence-corrected chi connectivity index (χ4v) is 4.25. The number of ether oxygens (including phenoxy) is 1. The van der Waals surface area contributed by atoms with Crippen LogP contribution in [0.3, 0.4) is 0 Å². The van der Waals surface area contributed by atoms with Crippen LogP contribution in [0.15, 0.2) is 80.1 Å². The smallest absolute Gasteiger partial charge is 0.253 e. The van der Waals surface area contributed by atoms with Crippen LogP contribution in [-0.4, -0.2) is 44.4 Å². The fourth-order valence-electron chi connectivity index (χ4n) is 3.54. The van der Waals surface area contributed by atoms with Gasteiger partial charge in [0.2, 0.25) is 5.16 Å². The van der Waals surface area contributed by atoms with Gasteiger partial charge in [0.05, 0.1) is 25.4 Å². The molecule has 1 aliphatic heterocycles. The Labute approximate surface area is 193 Å². The van der Waals surface area contributed by atoms with Gasteiger partial charge in [-0.3, -0.25) is 4.79 Å². The highest BCUT2D eigenvalue weighted by atomic mass is 32.2. The summed E-state index contributed by atoms with van der Waals surface area (Å²) in [5.74, 6) is 8.55. The van der Waals surface area contributed by atoms with Crippen LogP contribution >= 0.6 is 11.8 Å². The molecule has 10 nitrogen and oxygen atoms in total. The van der Waals surface area contributed by atoms with Gasteiger partial charge in [0.15, 0.2) is 5.82 Å². The average Bonchev–Trinajstić information content (AvgIpc) is 3.64. The normalized spacial score (nSPS) is 15.6. The number of methoxy groups -OCH3 is 1. The highest BCUT2D eigenvalue weighted by Gasteiger charge is 2.35. The third-order valence-corrected chi connectivity index (χ3v) is 6.11. The van der Waals surface area contributed by atoms with Crippen LogP contribution in [0.4, 0.5) is 0 Å². The van der Waals surface area contributed by atoms with Crippen molar-refractivity contribution in [2.45, 2.75) is 17.6 Å². The largest absolute Gasteiger partial charge is 0.497 e. The Morgan fingerprint density at radius 2 is 1.94 bits per heavy atom. The lowest BCUT2D eigenvalue weighted by molar-refractivity contribution is -0.130. The summed E-state index contributed by atoms with van der Waals surface area (Å²) in [5.41, 5.74) is 1.47. The average molecular weight is 465 g/mol. The lowest BCUT2D eigenvalue weighted by Gasteiger charge is -2.19. The molecule has 33 heavy (non-hydrogen) atoms. The Hall–Kier alpha value is -3.99. The van der Waals surface area contributed by atoms with Crippen molar-refractivity contribution in [3.8, 4) is 17.1 Å². The van der Waals surface area contributed by atoms with Gasteiger partial charge in [0, 0.05) is 12.0 Å². The van der Waals surface area contributed by atoms with Crippen molar-refractivity contribution in [1.29, 1.82) is 0 Å². The quantitative estimate of drug-likeness (QED) is 0.326. The first-order chi connectivity index (χ1) is 16.1. The van der Waals surface area contributed by atoms with Crippen LogP contribution in [-0.2, 0) is 4.79 Å². The van der Waals surface area contributed by atoms with E-state index in [1.165, 1.54) is 21.4 Å². The number of rotatable bonds is 7. The minimum Gasteiger partial charge on any atom is -0.497 e. The van der Waals surface area contributed by atoms with Gasteiger partial charge in [-0.1, -0.05) is 11.8 Å². The van der Waals surface area contributed by atoms with Crippen LogP contribution < -0.4 is 10.6 Å². The van der Waals surface area contributed by atoms with Crippen molar-refractivity contribution in [2.75, 3.05) is 18.7 Å². The number of furan rings is 2. The van der Waals surface area contributed by atoms with Gasteiger partial charge >= 0.3 is 0 Å². The molecular formula is C22H20N6O4S. The first-order valence-electron chi connectivity index (χ1n) is 10.1. The minimum atomic E-state index is -0.348. The van der Waals surface area contributed by atoms with Gasteiger partial charge in [-0.25, -0.2) is 9.69 Å². The maximum Gasteiger partial charge on any atom is 0.253 e. The fraction of sp³-hybridized carbons (Fsp3) is 0.182. The third-order valence-electron chi connectivity index (χ3n) is 5.18. The Kier molecular flexibility index (Phi) is 5.61. The van der Waals surface area contributed by atoms with E-state index in [1.54, 1.807) is 31.8 Å². The summed E-state index contributed by atoms with van der Waals surface area (Å²) in [6, 6.07) is 14.2. The van der Waals surface area contributed by atoms with Crippen LogP contribution in [0.2, 0.25) is 0 Å². The van der Waals surface area contributed by atoms with E-state index < -0.39 is 0 Å². The Morgan fingerprint density at radius 3 is 2.64 bits per heavy atom. The molecule has 0 radical (unpaired) electrons. The second kappa shape index (κ2) is 8.87. The second-order valence-electron chi connectivity index (χ2n) is 7.19. The first kappa shape index (κ1) is 20.9. The van der Waals surface area contributed by atoms with Gasteiger partial charge in [0.25, 0.3) is 5.91 Å². The third kappa shape index (κ3) is 4.10. The molecule has 4 heterocycles. The number of amides is 1. The Balaban J connectivity index is 1.32. The number of benzene rings is 1. The van der Waals surface area contributed by atoms with E-state index in [1.807, 2.05) is 36.4 Å². The molecule has 1 atom stereocenters. The summed E-state index contributed by atoms with van der Waals surface area (Å²) in [4.78, 5) is 13.1. The lowest BCUT2D eigenvalue weighted by atomic mass is 10.1. The summed E-state index contributed by atoms with van der Waals surface area (Å²) < 4.78 is 17.6. The molecule has 0 aliphatic carbocycles. The van der Waals surface area contributed by atoms with E-state index in [0.717, 1.165) is 11.3 Å². The first-order valence-corrected chi connectivity index (χ1v) is 11.1. The van der Waals surface area contributed by atoms with E-state index in [9.17, 15) is 4.79 Å². The number of carbonyl (C=O) groups is 1. The molecule has 1 unspecified atom stereocenters. The van der Waals surface area contributed by atoms with Crippen molar-refractivity contribution in [2.24, 2.45) is 5.10 Å². The number of nitrogen functional groups attached to an aromatic ring is 1. The highest BCUT2D eigenvalue weighted by molar-refractivity contribution is 7.99. The van der Waals surface area contributed by atoms with Crippen molar-refractivity contribution in [1.82, 2.24) is 19.9 Å². The molecule has 5 rings (SSSR count). The second-order valence-corrected chi connectivity index (χ2v) is 8.13. The predicted octanol–water partition coefficient (Wildman–Crippen LogP) is 3.32. The van der Waals surface area contributed by atoms with Gasteiger partial charge < -0.3 is 19.4 Å². The molecule has 0 bridgehead atoms. The number of aromatic nitrogens is 3. The van der Waals surface area contributed by atoms with E-state index in [2.05, 4.69) is 15.3 Å². The number of nitrogens with zero attached hydrogens (tertiary/aromatic N) is 5. The van der Waals surface area contributed by atoms with Gasteiger partial charge in [-0.05, 0) is 48.5 Å². The summed E-state index contributed by atoms with van der Waals surface area (Å²) in [6.45, 7) is 0. The molecule has 1 aromatic carbocycles.